The van der Waals surface area contributed by atoms with Crippen LogP contribution in [0.4, 0.5) is 5.69 Å². The Hall–Kier alpha value is -3.28. The predicted molar refractivity (Wildman–Crippen MR) is 115 cm³/mol. The molecule has 2 aromatic heterocycles. The van der Waals surface area contributed by atoms with Gasteiger partial charge in [-0.05, 0) is 50.2 Å². The number of rotatable bonds is 5. The first-order valence-corrected chi connectivity index (χ1v) is 10.3. The topological polar surface area (TPSA) is 58.7 Å². The van der Waals surface area contributed by atoms with E-state index in [2.05, 4.69) is 4.57 Å². The zero-order valence-corrected chi connectivity index (χ0v) is 17.8. The van der Waals surface area contributed by atoms with Crippen LogP contribution < -0.4 is 4.90 Å². The van der Waals surface area contributed by atoms with Crippen molar-refractivity contribution in [3.05, 3.63) is 72.4 Å². The second-order valence-electron chi connectivity index (χ2n) is 8.19. The first-order valence-electron chi connectivity index (χ1n) is 10.3. The van der Waals surface area contributed by atoms with Crippen molar-refractivity contribution in [1.29, 1.82) is 0 Å². The largest absolute Gasteiger partial charge is 0.467 e. The molecule has 1 atom stereocenters. The smallest absolute Gasteiger partial charge is 0.247 e. The fraction of sp³-hybridized carbons (Fsp3) is 0.333. The number of amides is 2. The molecule has 6 nitrogen and oxygen atoms in total. The SMILES string of the molecule is CC(C)C(=O)N(CC(=O)N1c2ccccc2-n2cccc2C1c1ccco1)C(C)C. The molecule has 1 aliphatic rings. The lowest BCUT2D eigenvalue weighted by molar-refractivity contribution is -0.139. The lowest BCUT2D eigenvalue weighted by Crippen LogP contribution is -2.49. The highest BCUT2D eigenvalue weighted by Gasteiger charge is 2.38. The molecule has 0 fully saturated rings. The molecule has 4 rings (SSSR count). The average Bonchev–Trinajstić information content (AvgIpc) is 3.42. The number of aromatic nitrogens is 1. The standard InChI is InChI=1S/C24H27N3O3/c1-16(2)24(29)26(17(3)4)15-22(28)27-19-10-6-5-9-18(19)25-13-7-11-20(25)23(27)21-12-8-14-30-21/h5-14,16-17,23H,15H2,1-4H3. The van der Waals surface area contributed by atoms with Crippen LogP contribution in [-0.2, 0) is 9.59 Å². The van der Waals surface area contributed by atoms with Crippen LogP contribution in [0.3, 0.4) is 0 Å². The molecular formula is C24H27N3O3. The van der Waals surface area contributed by atoms with Gasteiger partial charge >= 0.3 is 0 Å². The molecule has 3 heterocycles. The van der Waals surface area contributed by atoms with Crippen LogP contribution in [0.25, 0.3) is 5.69 Å². The second kappa shape index (κ2) is 7.86. The van der Waals surface area contributed by atoms with Crippen molar-refractivity contribution in [1.82, 2.24) is 9.47 Å². The fourth-order valence-corrected chi connectivity index (χ4v) is 4.05. The summed E-state index contributed by atoms with van der Waals surface area (Å²) >= 11 is 0. The molecule has 0 bridgehead atoms. The molecule has 30 heavy (non-hydrogen) atoms. The Morgan fingerprint density at radius 3 is 2.37 bits per heavy atom. The van der Waals surface area contributed by atoms with Crippen molar-refractivity contribution in [3.63, 3.8) is 0 Å². The Balaban J connectivity index is 1.80. The summed E-state index contributed by atoms with van der Waals surface area (Å²) in [5.41, 5.74) is 2.68. The zero-order valence-electron chi connectivity index (χ0n) is 17.8. The molecule has 0 spiro atoms. The van der Waals surface area contributed by atoms with Crippen molar-refractivity contribution >= 4 is 17.5 Å². The number of hydrogen-bond acceptors (Lipinski definition) is 3. The Morgan fingerprint density at radius 2 is 1.73 bits per heavy atom. The molecule has 0 saturated carbocycles. The molecule has 3 aromatic rings. The van der Waals surface area contributed by atoms with Crippen LogP contribution in [0.2, 0.25) is 0 Å². The number of hydrogen-bond donors (Lipinski definition) is 0. The van der Waals surface area contributed by atoms with Crippen molar-refractivity contribution in [2.24, 2.45) is 5.92 Å². The van der Waals surface area contributed by atoms with E-state index < -0.39 is 6.04 Å². The van der Waals surface area contributed by atoms with Gasteiger partial charge in [-0.15, -0.1) is 0 Å². The summed E-state index contributed by atoms with van der Waals surface area (Å²) in [4.78, 5) is 29.9. The van der Waals surface area contributed by atoms with Gasteiger partial charge in [0.05, 0.1) is 23.3 Å². The van der Waals surface area contributed by atoms with E-state index in [1.807, 2.05) is 82.4 Å². The quantitative estimate of drug-likeness (QED) is 0.632. The molecule has 156 valence electrons. The third-order valence-electron chi connectivity index (χ3n) is 5.51. The molecule has 1 aliphatic heterocycles. The molecule has 0 N–H and O–H groups in total. The highest BCUT2D eigenvalue weighted by molar-refractivity contribution is 6.00. The first-order chi connectivity index (χ1) is 14.4. The van der Waals surface area contributed by atoms with Crippen molar-refractivity contribution < 1.29 is 14.0 Å². The van der Waals surface area contributed by atoms with Crippen molar-refractivity contribution in [3.8, 4) is 5.69 Å². The summed E-state index contributed by atoms with van der Waals surface area (Å²) in [5.74, 6) is 0.344. The molecule has 6 heteroatoms. The Labute approximate surface area is 176 Å². The van der Waals surface area contributed by atoms with Gasteiger partial charge in [0.15, 0.2) is 0 Å². The molecule has 2 amide bonds. The van der Waals surface area contributed by atoms with Gasteiger partial charge in [-0.1, -0.05) is 26.0 Å². The highest BCUT2D eigenvalue weighted by atomic mass is 16.3. The maximum atomic E-state index is 13.7. The maximum Gasteiger partial charge on any atom is 0.247 e. The van der Waals surface area contributed by atoms with E-state index in [9.17, 15) is 9.59 Å². The number of benzene rings is 1. The van der Waals surface area contributed by atoms with Gasteiger partial charge in [0.2, 0.25) is 11.8 Å². The van der Waals surface area contributed by atoms with E-state index in [-0.39, 0.29) is 30.3 Å². The zero-order chi connectivity index (χ0) is 21.4. The van der Waals surface area contributed by atoms with Crippen molar-refractivity contribution in [2.75, 3.05) is 11.4 Å². The Kier molecular flexibility index (Phi) is 5.24. The summed E-state index contributed by atoms with van der Waals surface area (Å²) in [5, 5.41) is 0. The normalized spacial score (nSPS) is 15.3. The first kappa shape index (κ1) is 20.0. The van der Waals surface area contributed by atoms with Crippen LogP contribution in [0.1, 0.15) is 45.2 Å². The van der Waals surface area contributed by atoms with Crippen LogP contribution in [0.5, 0.6) is 0 Å². The second-order valence-corrected chi connectivity index (χ2v) is 8.19. The summed E-state index contributed by atoms with van der Waals surface area (Å²) < 4.78 is 7.83. The van der Waals surface area contributed by atoms with Gasteiger partial charge in [-0.25, -0.2) is 0 Å². The van der Waals surface area contributed by atoms with E-state index in [4.69, 9.17) is 4.42 Å². The maximum absolute atomic E-state index is 13.7. The summed E-state index contributed by atoms with van der Waals surface area (Å²) in [6.07, 6.45) is 3.61. The van der Waals surface area contributed by atoms with Crippen LogP contribution in [0, 0.1) is 5.92 Å². The molecule has 0 radical (unpaired) electrons. The van der Waals surface area contributed by atoms with E-state index in [1.54, 1.807) is 16.1 Å². The third-order valence-corrected chi connectivity index (χ3v) is 5.51. The molecule has 1 aromatic carbocycles. The van der Waals surface area contributed by atoms with Crippen LogP contribution in [0.15, 0.2) is 65.4 Å². The number of nitrogens with zero attached hydrogens (tertiary/aromatic N) is 3. The van der Waals surface area contributed by atoms with Gasteiger partial charge < -0.3 is 13.9 Å². The highest BCUT2D eigenvalue weighted by Crippen LogP contribution is 2.42. The van der Waals surface area contributed by atoms with E-state index >= 15 is 0 Å². The molecule has 0 aliphatic carbocycles. The van der Waals surface area contributed by atoms with Gasteiger partial charge in [0.25, 0.3) is 0 Å². The average molecular weight is 405 g/mol. The number of fused-ring (bicyclic) bond motifs is 3. The lowest BCUT2D eigenvalue weighted by atomic mass is 10.0. The van der Waals surface area contributed by atoms with Gasteiger partial charge in [-0.2, -0.15) is 0 Å². The van der Waals surface area contributed by atoms with Crippen LogP contribution in [-0.4, -0.2) is 33.9 Å². The summed E-state index contributed by atoms with van der Waals surface area (Å²) in [6, 6.07) is 15.0. The predicted octanol–water partition coefficient (Wildman–Crippen LogP) is 4.40. The minimum absolute atomic E-state index is 0.0148. The number of furan rings is 1. The molecular weight excluding hydrogens is 378 g/mol. The molecule has 1 unspecified atom stereocenters. The van der Waals surface area contributed by atoms with Gasteiger partial charge in [0.1, 0.15) is 18.3 Å². The van der Waals surface area contributed by atoms with Gasteiger partial charge in [0, 0.05) is 18.2 Å². The Bertz CT molecular complexity index is 1050. The number of anilines is 1. The summed E-state index contributed by atoms with van der Waals surface area (Å²) in [7, 11) is 0. The lowest BCUT2D eigenvalue weighted by Gasteiger charge is -2.39. The summed E-state index contributed by atoms with van der Waals surface area (Å²) in [6.45, 7) is 7.61. The Morgan fingerprint density at radius 1 is 1.00 bits per heavy atom. The fourth-order valence-electron chi connectivity index (χ4n) is 4.05. The van der Waals surface area contributed by atoms with Crippen molar-refractivity contribution in [2.45, 2.75) is 39.8 Å². The third kappa shape index (κ3) is 3.32. The monoisotopic (exact) mass is 405 g/mol. The van der Waals surface area contributed by atoms with Gasteiger partial charge in [-0.3, -0.25) is 14.5 Å². The minimum atomic E-state index is -0.402. The molecule has 0 saturated heterocycles. The van der Waals surface area contributed by atoms with E-state index in [0.717, 1.165) is 17.1 Å². The minimum Gasteiger partial charge on any atom is -0.467 e. The number of carbonyl (C=O) groups excluding carboxylic acids is 2. The number of para-hydroxylation sites is 2. The van der Waals surface area contributed by atoms with E-state index in [0.29, 0.717) is 5.76 Å². The van der Waals surface area contributed by atoms with Crippen LogP contribution >= 0.6 is 0 Å². The van der Waals surface area contributed by atoms with E-state index in [1.165, 1.54) is 0 Å². The number of carbonyl (C=O) groups is 2.